The Hall–Kier alpha value is -2.91. The highest BCUT2D eigenvalue weighted by Gasteiger charge is 2.33. The molecule has 0 saturated carbocycles. The van der Waals surface area contributed by atoms with Gasteiger partial charge in [-0.25, -0.2) is 0 Å². The largest absolute Gasteiger partial charge is 0.380 e. The summed E-state index contributed by atoms with van der Waals surface area (Å²) in [5, 5.41) is 11.8. The highest BCUT2D eigenvalue weighted by atomic mass is 16.3. The van der Waals surface area contributed by atoms with Crippen LogP contribution in [0.15, 0.2) is 84.9 Å². The summed E-state index contributed by atoms with van der Waals surface area (Å²) in [6.07, 6.45) is 0.324. The molecule has 1 N–H and O–H groups in total. The van der Waals surface area contributed by atoms with Crippen molar-refractivity contribution in [1.82, 2.24) is 4.90 Å². The molecule has 0 radical (unpaired) electrons. The van der Waals surface area contributed by atoms with Crippen molar-refractivity contribution in [3.8, 4) is 0 Å². The highest BCUT2D eigenvalue weighted by molar-refractivity contribution is 5.95. The predicted molar refractivity (Wildman–Crippen MR) is 113 cm³/mol. The number of benzene rings is 3. The van der Waals surface area contributed by atoms with Crippen molar-refractivity contribution < 1.29 is 9.90 Å². The fourth-order valence-corrected chi connectivity index (χ4v) is 3.64. The summed E-state index contributed by atoms with van der Waals surface area (Å²) in [5.41, 5.74) is 1.89. The van der Waals surface area contributed by atoms with Gasteiger partial charge in [0, 0.05) is 25.1 Å². The molecule has 28 heavy (non-hydrogen) atoms. The number of rotatable bonds is 7. The number of hydrogen-bond donors (Lipinski definition) is 1. The Kier molecular flexibility index (Phi) is 6.27. The molecule has 0 aliphatic rings. The Morgan fingerprint density at radius 3 is 1.75 bits per heavy atom. The molecule has 0 unspecified atom stereocenters. The Morgan fingerprint density at radius 1 is 0.786 bits per heavy atom. The first-order valence-corrected chi connectivity index (χ1v) is 9.80. The second kappa shape index (κ2) is 8.85. The zero-order valence-electron chi connectivity index (χ0n) is 16.5. The van der Waals surface area contributed by atoms with Gasteiger partial charge in [-0.15, -0.1) is 0 Å². The average Bonchev–Trinajstić information content (AvgIpc) is 2.76. The Morgan fingerprint density at radius 2 is 1.25 bits per heavy atom. The lowest BCUT2D eigenvalue weighted by molar-refractivity contribution is 0.0749. The van der Waals surface area contributed by atoms with E-state index in [4.69, 9.17) is 0 Å². The van der Waals surface area contributed by atoms with Crippen LogP contribution in [0.5, 0.6) is 0 Å². The Balaban J connectivity index is 2.08. The van der Waals surface area contributed by atoms with Gasteiger partial charge in [0.25, 0.3) is 5.91 Å². The fraction of sp³-hybridized carbons (Fsp3) is 0.240. The third kappa shape index (κ3) is 4.00. The maximum atomic E-state index is 13.0. The van der Waals surface area contributed by atoms with Gasteiger partial charge < -0.3 is 10.0 Å². The minimum Gasteiger partial charge on any atom is -0.380 e. The van der Waals surface area contributed by atoms with Gasteiger partial charge in [-0.3, -0.25) is 4.79 Å². The molecular weight excluding hydrogens is 346 g/mol. The first kappa shape index (κ1) is 19.8. The topological polar surface area (TPSA) is 40.5 Å². The number of amides is 1. The summed E-state index contributed by atoms with van der Waals surface area (Å²) in [6.45, 7) is 5.28. The smallest absolute Gasteiger partial charge is 0.254 e. The normalized spacial score (nSPS) is 11.2. The van der Waals surface area contributed by atoms with E-state index in [1.807, 2.05) is 104 Å². The third-order valence-corrected chi connectivity index (χ3v) is 5.25. The van der Waals surface area contributed by atoms with Gasteiger partial charge in [0.1, 0.15) is 5.60 Å². The van der Waals surface area contributed by atoms with Gasteiger partial charge in [-0.2, -0.15) is 0 Å². The first-order chi connectivity index (χ1) is 13.6. The van der Waals surface area contributed by atoms with E-state index < -0.39 is 5.60 Å². The molecule has 0 bridgehead atoms. The van der Waals surface area contributed by atoms with Gasteiger partial charge in [0.2, 0.25) is 0 Å². The van der Waals surface area contributed by atoms with Gasteiger partial charge in [-0.1, -0.05) is 78.9 Å². The maximum Gasteiger partial charge on any atom is 0.254 e. The van der Waals surface area contributed by atoms with Crippen LogP contribution in [0.4, 0.5) is 0 Å². The summed E-state index contributed by atoms with van der Waals surface area (Å²) in [7, 11) is 0. The van der Waals surface area contributed by atoms with E-state index in [1.54, 1.807) is 0 Å². The van der Waals surface area contributed by atoms with Gasteiger partial charge in [0.15, 0.2) is 0 Å². The maximum absolute atomic E-state index is 13.0. The number of carbonyl (C=O) groups excluding carboxylic acids is 1. The van der Waals surface area contributed by atoms with Crippen molar-refractivity contribution in [2.45, 2.75) is 25.9 Å². The second-order valence-corrected chi connectivity index (χ2v) is 6.90. The summed E-state index contributed by atoms with van der Waals surface area (Å²) in [5.74, 6) is 0.00377. The molecule has 0 saturated heterocycles. The fourth-order valence-electron chi connectivity index (χ4n) is 3.64. The van der Waals surface area contributed by atoms with E-state index in [2.05, 4.69) is 0 Å². The molecule has 0 aliphatic heterocycles. The lowest BCUT2D eigenvalue weighted by Gasteiger charge is -2.31. The van der Waals surface area contributed by atoms with Crippen molar-refractivity contribution in [1.29, 1.82) is 0 Å². The molecule has 0 spiro atoms. The van der Waals surface area contributed by atoms with Crippen molar-refractivity contribution in [3.63, 3.8) is 0 Å². The molecule has 0 aromatic heterocycles. The van der Waals surface area contributed by atoms with E-state index >= 15 is 0 Å². The highest BCUT2D eigenvalue weighted by Crippen LogP contribution is 2.34. The summed E-state index contributed by atoms with van der Waals surface area (Å²) < 4.78 is 0. The summed E-state index contributed by atoms with van der Waals surface area (Å²) in [6, 6.07) is 26.9. The molecule has 3 aromatic carbocycles. The Bertz CT molecular complexity index is 863. The van der Waals surface area contributed by atoms with Crippen LogP contribution in [0.3, 0.4) is 0 Å². The van der Waals surface area contributed by atoms with Gasteiger partial charge in [-0.05, 0) is 36.6 Å². The third-order valence-electron chi connectivity index (χ3n) is 5.25. The lowest BCUT2D eigenvalue weighted by Crippen LogP contribution is -2.34. The minimum atomic E-state index is -1.22. The predicted octanol–water partition coefficient (Wildman–Crippen LogP) is 4.65. The summed E-state index contributed by atoms with van der Waals surface area (Å²) in [4.78, 5) is 14.8. The molecule has 3 aromatic rings. The monoisotopic (exact) mass is 373 g/mol. The second-order valence-electron chi connectivity index (χ2n) is 6.90. The number of hydrogen-bond acceptors (Lipinski definition) is 2. The van der Waals surface area contributed by atoms with Crippen LogP contribution >= 0.6 is 0 Å². The SMILES string of the molecule is CCN(CC)C(=O)c1ccccc1CC(O)(c1ccccc1)c1ccccc1. The summed E-state index contributed by atoms with van der Waals surface area (Å²) >= 11 is 0. The van der Waals surface area contributed by atoms with E-state index in [0.717, 1.165) is 16.7 Å². The van der Waals surface area contributed by atoms with E-state index in [0.29, 0.717) is 25.1 Å². The molecule has 3 rings (SSSR count). The molecule has 1 amide bonds. The van der Waals surface area contributed by atoms with Crippen LogP contribution in [0.25, 0.3) is 0 Å². The molecular formula is C25H27NO2. The van der Waals surface area contributed by atoms with Crippen LogP contribution < -0.4 is 0 Å². The van der Waals surface area contributed by atoms with Crippen LogP contribution in [0.2, 0.25) is 0 Å². The zero-order chi connectivity index (χ0) is 20.0. The minimum absolute atomic E-state index is 0.00377. The van der Waals surface area contributed by atoms with Crippen LogP contribution in [-0.2, 0) is 12.0 Å². The molecule has 0 heterocycles. The van der Waals surface area contributed by atoms with Crippen LogP contribution in [0.1, 0.15) is 40.9 Å². The molecule has 0 fully saturated rings. The quantitative estimate of drug-likeness (QED) is 0.655. The molecule has 0 atom stereocenters. The molecule has 3 nitrogen and oxygen atoms in total. The number of carbonyl (C=O) groups is 1. The van der Waals surface area contributed by atoms with Crippen molar-refractivity contribution in [3.05, 3.63) is 107 Å². The molecule has 0 aliphatic carbocycles. The number of nitrogens with zero attached hydrogens (tertiary/aromatic N) is 1. The van der Waals surface area contributed by atoms with Crippen molar-refractivity contribution in [2.24, 2.45) is 0 Å². The van der Waals surface area contributed by atoms with Crippen LogP contribution in [-0.4, -0.2) is 29.0 Å². The average molecular weight is 373 g/mol. The zero-order valence-corrected chi connectivity index (χ0v) is 16.5. The first-order valence-electron chi connectivity index (χ1n) is 9.80. The molecule has 3 heteroatoms. The van der Waals surface area contributed by atoms with E-state index in [9.17, 15) is 9.90 Å². The van der Waals surface area contributed by atoms with Crippen molar-refractivity contribution >= 4 is 5.91 Å². The Labute approximate surface area is 167 Å². The standard InChI is InChI=1S/C25H27NO2/c1-3-26(4-2)24(27)23-18-12-11-13-20(23)19-25(28,21-14-7-5-8-15-21)22-16-9-6-10-17-22/h5-18,28H,3-4,19H2,1-2H3. The van der Waals surface area contributed by atoms with Crippen molar-refractivity contribution in [2.75, 3.05) is 13.1 Å². The van der Waals surface area contributed by atoms with Gasteiger partial charge >= 0.3 is 0 Å². The van der Waals surface area contributed by atoms with Gasteiger partial charge in [0.05, 0.1) is 0 Å². The lowest BCUT2D eigenvalue weighted by atomic mass is 9.80. The number of aliphatic hydroxyl groups is 1. The molecule has 144 valence electrons. The van der Waals surface area contributed by atoms with E-state index in [-0.39, 0.29) is 5.91 Å². The van der Waals surface area contributed by atoms with Crippen LogP contribution in [0, 0.1) is 0 Å². The van der Waals surface area contributed by atoms with E-state index in [1.165, 1.54) is 0 Å².